The molecule has 1 aliphatic heterocycles. The minimum absolute atomic E-state index is 0.155. The molecule has 2 aromatic heterocycles. The lowest BCUT2D eigenvalue weighted by Gasteiger charge is -2.35. The Balaban J connectivity index is 1.69. The fourth-order valence-electron chi connectivity index (χ4n) is 4.01. The molecule has 0 saturated carbocycles. The molecule has 11 heteroatoms. The van der Waals surface area contributed by atoms with Crippen LogP contribution in [0.1, 0.15) is 34.8 Å². The van der Waals surface area contributed by atoms with E-state index >= 15 is 0 Å². The number of hydrogen-bond donors (Lipinski definition) is 2. The number of nitrogens with zero attached hydrogens (tertiary/aromatic N) is 2. The van der Waals surface area contributed by atoms with E-state index in [1.54, 1.807) is 24.3 Å². The molecule has 186 valence electrons. The summed E-state index contributed by atoms with van der Waals surface area (Å²) in [6.07, 6.45) is 6.32. The second-order valence-electron chi connectivity index (χ2n) is 8.82. The van der Waals surface area contributed by atoms with E-state index in [1.165, 1.54) is 11.0 Å². The third kappa shape index (κ3) is 5.09. The normalized spacial score (nSPS) is 15.9. The summed E-state index contributed by atoms with van der Waals surface area (Å²) in [5.41, 5.74) is 0.839. The highest BCUT2D eigenvalue weighted by atomic mass is 32.3. The van der Waals surface area contributed by atoms with Crippen LogP contribution >= 0.6 is 10.0 Å². The lowest BCUT2D eigenvalue weighted by Crippen LogP contribution is -2.45. The monoisotopic (exact) mass is 502 g/mol. The molecule has 0 bridgehead atoms. The fraction of sp³-hybridized carbons (Fsp3) is 0.333. The third-order valence-electron chi connectivity index (χ3n) is 5.57. The van der Waals surface area contributed by atoms with Gasteiger partial charge in [0.2, 0.25) is 11.6 Å². The van der Waals surface area contributed by atoms with Gasteiger partial charge in [-0.3, -0.25) is 14.4 Å². The molecule has 1 aliphatic rings. The number of hydrogen-bond acceptors (Lipinski definition) is 6. The Bertz CT molecular complexity index is 1330. The molecule has 9 nitrogen and oxygen atoms in total. The Morgan fingerprint density at radius 2 is 2.03 bits per heavy atom. The Morgan fingerprint density at radius 1 is 1.26 bits per heavy atom. The number of anilines is 1. The van der Waals surface area contributed by atoms with Crippen molar-refractivity contribution in [1.82, 2.24) is 15.0 Å². The second kappa shape index (κ2) is 9.57. The number of ether oxygens (including phenoxy) is 1. The Hall–Kier alpha value is -3.60. The lowest BCUT2D eigenvalue weighted by molar-refractivity contribution is -0.121. The second-order valence-corrected chi connectivity index (χ2v) is 12.9. The van der Waals surface area contributed by atoms with Crippen molar-refractivity contribution >= 4 is 27.5 Å². The highest BCUT2D eigenvalue weighted by Gasteiger charge is 2.38. The number of carbonyl (C=O) groups is 2. The van der Waals surface area contributed by atoms with Gasteiger partial charge in [0.15, 0.2) is 0 Å². The van der Waals surface area contributed by atoms with Crippen LogP contribution in [0.2, 0.25) is 0 Å². The highest BCUT2D eigenvalue weighted by molar-refractivity contribution is 8.32. The smallest absolute Gasteiger partial charge is 0.293 e. The molecular weight excluding hydrogens is 475 g/mol. The van der Waals surface area contributed by atoms with Crippen LogP contribution in [0.25, 0.3) is 0 Å². The SMILES string of the molecule is CCOc1ccc2c(n1)CCN(C(=O)c1cc(=O)[nH]o1)[C@@H]2C(=O)Nc1ccc(S(C)(C)C)c(F)c1. The zero-order chi connectivity index (χ0) is 25.3. The summed E-state index contributed by atoms with van der Waals surface area (Å²) in [5, 5.41) is 4.82. The first-order chi connectivity index (χ1) is 16.6. The Morgan fingerprint density at radius 3 is 2.66 bits per heavy atom. The van der Waals surface area contributed by atoms with Crippen molar-refractivity contribution in [3.05, 3.63) is 69.6 Å². The van der Waals surface area contributed by atoms with Crippen molar-refractivity contribution in [2.24, 2.45) is 0 Å². The Labute approximate surface area is 203 Å². The lowest BCUT2D eigenvalue weighted by atomic mass is 9.95. The van der Waals surface area contributed by atoms with Gasteiger partial charge in [-0.2, -0.15) is 5.16 Å². The molecule has 0 fully saturated rings. The largest absolute Gasteiger partial charge is 0.478 e. The topological polar surface area (TPSA) is 118 Å². The molecule has 4 rings (SSSR count). The molecule has 0 aliphatic carbocycles. The van der Waals surface area contributed by atoms with Crippen molar-refractivity contribution in [3.8, 4) is 5.88 Å². The minimum Gasteiger partial charge on any atom is -0.478 e. The van der Waals surface area contributed by atoms with E-state index in [9.17, 15) is 18.8 Å². The molecule has 0 spiro atoms. The first kappa shape index (κ1) is 24.5. The quantitative estimate of drug-likeness (QED) is 0.534. The first-order valence-electron chi connectivity index (χ1n) is 11.0. The molecule has 35 heavy (non-hydrogen) atoms. The molecule has 3 aromatic rings. The van der Waals surface area contributed by atoms with E-state index in [4.69, 9.17) is 9.26 Å². The number of H-pyrrole nitrogens is 1. The van der Waals surface area contributed by atoms with Crippen LogP contribution in [-0.2, 0) is 11.2 Å². The summed E-state index contributed by atoms with van der Waals surface area (Å²) < 4.78 is 25.2. The van der Waals surface area contributed by atoms with E-state index in [0.717, 1.165) is 6.07 Å². The van der Waals surface area contributed by atoms with Crippen molar-refractivity contribution < 1.29 is 23.2 Å². The molecule has 0 saturated heterocycles. The van der Waals surface area contributed by atoms with Gasteiger partial charge in [-0.15, -0.1) is 0 Å². The number of aromatic nitrogens is 2. The summed E-state index contributed by atoms with van der Waals surface area (Å²) in [6.45, 7) is 2.43. The van der Waals surface area contributed by atoms with Gasteiger partial charge in [-0.25, -0.2) is 19.4 Å². The van der Waals surface area contributed by atoms with Crippen LogP contribution in [0.3, 0.4) is 0 Å². The summed E-state index contributed by atoms with van der Waals surface area (Å²) in [7, 11) is -1.30. The van der Waals surface area contributed by atoms with Gasteiger partial charge in [0.25, 0.3) is 17.4 Å². The maximum Gasteiger partial charge on any atom is 0.293 e. The molecule has 2 N–H and O–H groups in total. The van der Waals surface area contributed by atoms with Gasteiger partial charge in [0.05, 0.1) is 18.4 Å². The van der Waals surface area contributed by atoms with Gasteiger partial charge in [-0.1, -0.05) is 0 Å². The van der Waals surface area contributed by atoms with Gasteiger partial charge >= 0.3 is 0 Å². The predicted octanol–water partition coefficient (Wildman–Crippen LogP) is 3.33. The standard InChI is InChI=1S/C24H27FN4O5S/c1-5-33-21-9-7-15-17(27-21)10-11-29(24(32)18-13-20(30)28-34-18)22(15)23(31)26-14-6-8-19(16(25)12-14)35(2,3)4/h6-9,12-13,22H,5,10-11H2,1-4H3,(H,26,31)(H,28,30)/t22-/m0/s1. The summed E-state index contributed by atoms with van der Waals surface area (Å²) in [6, 6.07) is 7.87. The zero-order valence-electron chi connectivity index (χ0n) is 19.9. The van der Waals surface area contributed by atoms with Gasteiger partial charge in [0, 0.05) is 35.2 Å². The first-order valence-corrected chi connectivity index (χ1v) is 13.8. The Kier molecular flexibility index (Phi) is 6.70. The molecule has 1 atom stereocenters. The third-order valence-corrected chi connectivity index (χ3v) is 7.23. The van der Waals surface area contributed by atoms with Crippen LogP contribution in [0.15, 0.2) is 50.6 Å². The van der Waals surface area contributed by atoms with Crippen LogP contribution in [0, 0.1) is 5.82 Å². The highest BCUT2D eigenvalue weighted by Crippen LogP contribution is 2.47. The van der Waals surface area contributed by atoms with Crippen LogP contribution in [0.4, 0.5) is 10.1 Å². The van der Waals surface area contributed by atoms with Crippen LogP contribution in [-0.4, -0.2) is 58.8 Å². The van der Waals surface area contributed by atoms with E-state index in [1.807, 2.05) is 25.7 Å². The number of rotatable bonds is 6. The van der Waals surface area contributed by atoms with E-state index in [0.29, 0.717) is 35.1 Å². The summed E-state index contributed by atoms with van der Waals surface area (Å²) >= 11 is 0. The van der Waals surface area contributed by atoms with Gasteiger partial charge in [0.1, 0.15) is 11.9 Å². The molecule has 0 unspecified atom stereocenters. The van der Waals surface area contributed by atoms with E-state index in [2.05, 4.69) is 15.5 Å². The molecular formula is C24H27FN4O5S. The number of pyridine rings is 1. The van der Waals surface area contributed by atoms with Crippen LogP contribution in [0.5, 0.6) is 5.88 Å². The van der Waals surface area contributed by atoms with Crippen LogP contribution < -0.4 is 15.6 Å². The van der Waals surface area contributed by atoms with E-state index < -0.39 is 39.3 Å². The van der Waals surface area contributed by atoms with Gasteiger partial charge in [-0.05, 0) is 50.0 Å². The van der Waals surface area contributed by atoms with E-state index in [-0.39, 0.29) is 18.0 Å². The molecule has 3 heterocycles. The van der Waals surface area contributed by atoms with Crippen molar-refractivity contribution in [2.45, 2.75) is 24.3 Å². The number of halogens is 1. The zero-order valence-corrected chi connectivity index (χ0v) is 20.7. The van der Waals surface area contributed by atoms with Gasteiger partial charge < -0.3 is 19.5 Å². The number of carbonyl (C=O) groups excluding carboxylic acids is 2. The molecule has 2 amide bonds. The number of nitrogens with one attached hydrogen (secondary N) is 2. The van der Waals surface area contributed by atoms with Crippen molar-refractivity contribution in [3.63, 3.8) is 0 Å². The number of benzene rings is 1. The number of fused-ring (bicyclic) bond motifs is 1. The van der Waals surface area contributed by atoms with Crippen molar-refractivity contribution in [1.29, 1.82) is 0 Å². The van der Waals surface area contributed by atoms with Crippen molar-refractivity contribution in [2.75, 3.05) is 37.2 Å². The minimum atomic E-state index is -1.30. The maximum atomic E-state index is 14.8. The fourth-order valence-corrected chi connectivity index (χ4v) is 5.13. The maximum absolute atomic E-state index is 14.8. The summed E-state index contributed by atoms with van der Waals surface area (Å²) in [5.74, 6) is -1.36. The molecule has 1 aromatic carbocycles. The summed E-state index contributed by atoms with van der Waals surface area (Å²) in [4.78, 5) is 44.6. The predicted molar refractivity (Wildman–Crippen MR) is 131 cm³/mol. The average Bonchev–Trinajstić information content (AvgIpc) is 3.23. The molecule has 0 radical (unpaired) electrons. The average molecular weight is 503 g/mol. The number of amides is 2. The number of aromatic amines is 1.